The Morgan fingerprint density at radius 1 is 1.40 bits per heavy atom. The molecule has 0 aliphatic heterocycles. The Bertz CT molecular complexity index is 536. The van der Waals surface area contributed by atoms with Crippen LogP contribution in [0.25, 0.3) is 0 Å². The van der Waals surface area contributed by atoms with Crippen LogP contribution in [0.4, 0.5) is 10.6 Å². The number of nitrogens with one attached hydrogen (secondary N) is 2. The molecule has 1 amide bonds. The van der Waals surface area contributed by atoms with Gasteiger partial charge in [-0.3, -0.25) is 0 Å². The first-order chi connectivity index (χ1) is 9.58. The van der Waals surface area contributed by atoms with Crippen LogP contribution in [0.2, 0.25) is 5.02 Å². The van der Waals surface area contributed by atoms with E-state index in [-0.39, 0.29) is 12.1 Å². The van der Waals surface area contributed by atoms with E-state index >= 15 is 0 Å². The number of aromatic nitrogens is 1. The molecule has 1 aliphatic carbocycles. The Balaban J connectivity index is 1.90. The molecule has 1 aliphatic rings. The van der Waals surface area contributed by atoms with Crippen molar-refractivity contribution >= 4 is 23.5 Å². The van der Waals surface area contributed by atoms with Crippen LogP contribution in [0.1, 0.15) is 31.2 Å². The molecule has 1 aromatic heterocycles. The molecule has 3 N–H and O–H groups in total. The molecule has 2 rings (SSSR count). The summed E-state index contributed by atoms with van der Waals surface area (Å²) in [4.78, 5) is 14.7. The number of pyridine rings is 1. The third kappa shape index (κ3) is 3.75. The minimum absolute atomic E-state index is 0.0231. The van der Waals surface area contributed by atoms with Crippen LogP contribution >= 0.6 is 11.6 Å². The van der Waals surface area contributed by atoms with Gasteiger partial charge in [-0.1, -0.05) is 11.6 Å². The number of hydrogen-bond acceptors (Lipinski definition) is 4. The summed E-state index contributed by atoms with van der Waals surface area (Å²) in [5.74, 6) is 0.570. The second kappa shape index (κ2) is 6.44. The van der Waals surface area contributed by atoms with Gasteiger partial charge in [0.15, 0.2) is 0 Å². The Morgan fingerprint density at radius 2 is 2.05 bits per heavy atom. The molecule has 0 spiro atoms. The lowest BCUT2D eigenvalue weighted by atomic mass is 9.91. The molecule has 1 saturated carbocycles. The lowest BCUT2D eigenvalue weighted by Crippen LogP contribution is -2.39. The van der Waals surface area contributed by atoms with Crippen molar-refractivity contribution in [2.45, 2.75) is 37.8 Å². The molecule has 7 heteroatoms. The maximum Gasteiger partial charge on any atom is 0.404 e. The average molecular weight is 295 g/mol. The quantitative estimate of drug-likeness (QED) is 0.796. The molecule has 0 bridgehead atoms. The zero-order chi connectivity index (χ0) is 14.5. The van der Waals surface area contributed by atoms with E-state index in [0.717, 1.165) is 25.7 Å². The standard InChI is InChI=1S/C13H15ClN4O2/c14-11-5-8(6-15)7-16-12(11)17-9-1-3-10(4-2-9)18-13(19)20/h5,7,9-10,18H,1-4H2,(H,16,17)(H,19,20)/t9-,10-. The van der Waals surface area contributed by atoms with E-state index in [1.165, 1.54) is 6.20 Å². The van der Waals surface area contributed by atoms with Crippen molar-refractivity contribution in [1.29, 1.82) is 5.26 Å². The highest BCUT2D eigenvalue weighted by atomic mass is 35.5. The Kier molecular flexibility index (Phi) is 4.64. The molecule has 1 heterocycles. The second-order valence-electron chi connectivity index (χ2n) is 4.81. The van der Waals surface area contributed by atoms with Crippen LogP contribution in [-0.2, 0) is 0 Å². The van der Waals surface area contributed by atoms with Gasteiger partial charge in [0.05, 0.1) is 10.6 Å². The molecule has 106 valence electrons. The normalized spacial score (nSPS) is 21.8. The first-order valence-electron chi connectivity index (χ1n) is 6.40. The van der Waals surface area contributed by atoms with Crippen LogP contribution in [0, 0.1) is 11.3 Å². The molecule has 0 radical (unpaired) electrons. The van der Waals surface area contributed by atoms with E-state index in [1.54, 1.807) is 6.07 Å². The zero-order valence-corrected chi connectivity index (χ0v) is 11.5. The largest absolute Gasteiger partial charge is 0.465 e. The van der Waals surface area contributed by atoms with Gasteiger partial charge in [-0.05, 0) is 31.7 Å². The summed E-state index contributed by atoms with van der Waals surface area (Å²) in [6, 6.07) is 3.81. The van der Waals surface area contributed by atoms with Gasteiger partial charge in [0, 0.05) is 18.3 Å². The van der Waals surface area contributed by atoms with Gasteiger partial charge >= 0.3 is 6.09 Å². The summed E-state index contributed by atoms with van der Waals surface area (Å²) in [5.41, 5.74) is 0.426. The Labute approximate surface area is 121 Å². The molecule has 1 aromatic rings. The van der Waals surface area contributed by atoms with E-state index in [1.807, 2.05) is 6.07 Å². The first-order valence-corrected chi connectivity index (χ1v) is 6.78. The number of halogens is 1. The number of anilines is 1. The van der Waals surface area contributed by atoms with Crippen molar-refractivity contribution in [2.24, 2.45) is 0 Å². The fourth-order valence-corrected chi connectivity index (χ4v) is 2.58. The molecular formula is C13H15ClN4O2. The highest BCUT2D eigenvalue weighted by molar-refractivity contribution is 6.33. The smallest absolute Gasteiger partial charge is 0.404 e. The second-order valence-corrected chi connectivity index (χ2v) is 5.22. The summed E-state index contributed by atoms with van der Waals surface area (Å²) < 4.78 is 0. The summed E-state index contributed by atoms with van der Waals surface area (Å²) in [6.07, 6.45) is 3.78. The lowest BCUT2D eigenvalue weighted by Gasteiger charge is -2.29. The van der Waals surface area contributed by atoms with Crippen molar-refractivity contribution in [3.8, 4) is 6.07 Å². The molecule has 20 heavy (non-hydrogen) atoms. The molecule has 0 unspecified atom stereocenters. The summed E-state index contributed by atoms with van der Waals surface area (Å²) in [6.45, 7) is 0. The minimum atomic E-state index is -0.974. The summed E-state index contributed by atoms with van der Waals surface area (Å²) >= 11 is 6.06. The molecular weight excluding hydrogens is 280 g/mol. The van der Waals surface area contributed by atoms with Crippen LogP contribution in [0.3, 0.4) is 0 Å². The summed E-state index contributed by atoms with van der Waals surface area (Å²) in [5, 5.41) is 23.6. The Morgan fingerprint density at radius 3 is 2.60 bits per heavy atom. The minimum Gasteiger partial charge on any atom is -0.465 e. The topological polar surface area (TPSA) is 98.0 Å². The van der Waals surface area contributed by atoms with Gasteiger partial charge in [0.2, 0.25) is 0 Å². The van der Waals surface area contributed by atoms with Gasteiger partial charge in [-0.2, -0.15) is 5.26 Å². The van der Waals surface area contributed by atoms with Gasteiger partial charge in [-0.25, -0.2) is 9.78 Å². The van der Waals surface area contributed by atoms with Crippen molar-refractivity contribution in [3.63, 3.8) is 0 Å². The highest BCUT2D eigenvalue weighted by Crippen LogP contribution is 2.25. The zero-order valence-electron chi connectivity index (χ0n) is 10.8. The van der Waals surface area contributed by atoms with Crippen molar-refractivity contribution in [3.05, 3.63) is 22.8 Å². The van der Waals surface area contributed by atoms with E-state index < -0.39 is 6.09 Å². The predicted octanol–water partition coefficient (Wildman–Crippen LogP) is 2.60. The van der Waals surface area contributed by atoms with Crippen LogP contribution in [0.15, 0.2) is 12.3 Å². The lowest BCUT2D eigenvalue weighted by molar-refractivity contribution is 0.185. The van der Waals surface area contributed by atoms with Gasteiger partial charge < -0.3 is 15.7 Å². The number of carbonyl (C=O) groups is 1. The van der Waals surface area contributed by atoms with Crippen LogP contribution in [0.5, 0.6) is 0 Å². The SMILES string of the molecule is N#Cc1cnc(N[C@H]2CC[C@H](NC(=O)O)CC2)c(Cl)c1. The average Bonchev–Trinajstić information content (AvgIpc) is 2.42. The van der Waals surface area contributed by atoms with Crippen molar-refractivity contribution in [1.82, 2.24) is 10.3 Å². The fraction of sp³-hybridized carbons (Fsp3) is 0.462. The monoisotopic (exact) mass is 294 g/mol. The third-order valence-electron chi connectivity index (χ3n) is 3.37. The molecule has 1 fully saturated rings. The number of amides is 1. The first kappa shape index (κ1) is 14.4. The third-order valence-corrected chi connectivity index (χ3v) is 3.65. The highest BCUT2D eigenvalue weighted by Gasteiger charge is 2.22. The predicted molar refractivity (Wildman–Crippen MR) is 74.8 cm³/mol. The van der Waals surface area contributed by atoms with Gasteiger partial charge in [0.1, 0.15) is 11.9 Å². The number of nitriles is 1. The summed E-state index contributed by atoms with van der Waals surface area (Å²) in [7, 11) is 0. The molecule has 0 aromatic carbocycles. The maximum atomic E-state index is 10.6. The molecule has 0 saturated heterocycles. The van der Waals surface area contributed by atoms with E-state index in [2.05, 4.69) is 15.6 Å². The van der Waals surface area contributed by atoms with Crippen LogP contribution < -0.4 is 10.6 Å². The van der Waals surface area contributed by atoms with Crippen molar-refractivity contribution in [2.75, 3.05) is 5.32 Å². The molecule has 0 atom stereocenters. The number of carboxylic acid groups (broad SMARTS) is 1. The maximum absolute atomic E-state index is 10.6. The van der Waals surface area contributed by atoms with E-state index in [4.69, 9.17) is 22.0 Å². The van der Waals surface area contributed by atoms with E-state index in [0.29, 0.717) is 16.4 Å². The fourth-order valence-electron chi connectivity index (χ4n) is 2.36. The number of rotatable bonds is 3. The van der Waals surface area contributed by atoms with E-state index in [9.17, 15) is 4.79 Å². The number of hydrogen-bond donors (Lipinski definition) is 3. The van der Waals surface area contributed by atoms with Crippen LogP contribution in [-0.4, -0.2) is 28.3 Å². The van der Waals surface area contributed by atoms with Gasteiger partial charge in [0.25, 0.3) is 0 Å². The molecule has 6 nitrogen and oxygen atoms in total. The van der Waals surface area contributed by atoms with Crippen molar-refractivity contribution < 1.29 is 9.90 Å². The van der Waals surface area contributed by atoms with Gasteiger partial charge in [-0.15, -0.1) is 0 Å². The Hall–Kier alpha value is -2.00. The number of nitrogens with zero attached hydrogens (tertiary/aromatic N) is 2.